The molecule has 2 heterocycles. The van der Waals surface area contributed by atoms with Gasteiger partial charge in [0.15, 0.2) is 5.65 Å². The Bertz CT molecular complexity index is 957. The molecule has 136 valence electrons. The number of nitrogens with zero attached hydrogens (tertiary/aromatic N) is 2. The third-order valence-electron chi connectivity index (χ3n) is 4.02. The molecule has 0 bridgehead atoms. The molecule has 26 heavy (non-hydrogen) atoms. The van der Waals surface area contributed by atoms with Crippen molar-refractivity contribution in [3.63, 3.8) is 0 Å². The van der Waals surface area contributed by atoms with Crippen LogP contribution in [0.1, 0.15) is 34.1 Å². The van der Waals surface area contributed by atoms with Crippen LogP contribution in [-0.4, -0.2) is 22.5 Å². The highest BCUT2D eigenvalue weighted by Gasteiger charge is 2.18. The minimum atomic E-state index is -0.398. The summed E-state index contributed by atoms with van der Waals surface area (Å²) in [5, 5.41) is 4.19. The molecule has 0 atom stereocenters. The highest BCUT2D eigenvalue weighted by atomic mass is 35.5. The molecule has 5 nitrogen and oxygen atoms in total. The van der Waals surface area contributed by atoms with Crippen molar-refractivity contribution in [1.82, 2.24) is 9.97 Å². The fourth-order valence-electron chi connectivity index (χ4n) is 2.68. The molecule has 0 unspecified atom stereocenters. The highest BCUT2D eigenvalue weighted by molar-refractivity contribution is 6.05. The van der Waals surface area contributed by atoms with Gasteiger partial charge in [-0.1, -0.05) is 12.1 Å². The molecule has 3 rings (SSSR count). The normalized spacial score (nSPS) is 10.3. The van der Waals surface area contributed by atoms with E-state index in [0.29, 0.717) is 23.5 Å². The molecular formula is C20H22ClN3O2. The number of anilines is 2. The minimum absolute atomic E-state index is 0. The van der Waals surface area contributed by atoms with Crippen LogP contribution >= 0.6 is 12.4 Å². The molecular weight excluding hydrogens is 350 g/mol. The van der Waals surface area contributed by atoms with Gasteiger partial charge in [0.05, 0.1) is 12.3 Å². The number of pyridine rings is 2. The van der Waals surface area contributed by atoms with Crippen LogP contribution in [0.2, 0.25) is 0 Å². The van der Waals surface area contributed by atoms with Crippen molar-refractivity contribution in [3.8, 4) is 0 Å². The van der Waals surface area contributed by atoms with Gasteiger partial charge in [0.25, 0.3) is 0 Å². The van der Waals surface area contributed by atoms with E-state index in [0.717, 1.165) is 27.9 Å². The van der Waals surface area contributed by atoms with Crippen molar-refractivity contribution in [2.45, 2.75) is 27.7 Å². The van der Waals surface area contributed by atoms with E-state index in [4.69, 9.17) is 4.74 Å². The van der Waals surface area contributed by atoms with Crippen LogP contribution in [-0.2, 0) is 4.74 Å². The Morgan fingerprint density at radius 2 is 1.92 bits per heavy atom. The number of carbonyl (C=O) groups excluding carboxylic acids is 1. The zero-order valence-electron chi connectivity index (χ0n) is 15.3. The number of hydrogen-bond donors (Lipinski definition) is 1. The number of hydrogen-bond acceptors (Lipinski definition) is 5. The number of fused-ring (bicyclic) bond motifs is 1. The van der Waals surface area contributed by atoms with Crippen molar-refractivity contribution in [1.29, 1.82) is 0 Å². The van der Waals surface area contributed by atoms with E-state index in [1.165, 1.54) is 6.20 Å². The second-order valence-electron chi connectivity index (χ2n) is 6.03. The van der Waals surface area contributed by atoms with E-state index in [-0.39, 0.29) is 12.4 Å². The van der Waals surface area contributed by atoms with Crippen molar-refractivity contribution in [2.75, 3.05) is 11.9 Å². The smallest absolute Gasteiger partial charge is 0.341 e. The van der Waals surface area contributed by atoms with Gasteiger partial charge < -0.3 is 10.1 Å². The summed E-state index contributed by atoms with van der Waals surface area (Å²) in [6, 6.07) is 10.0. The van der Waals surface area contributed by atoms with Gasteiger partial charge in [-0.3, -0.25) is 0 Å². The molecule has 3 aromatic rings. The molecule has 2 aromatic heterocycles. The van der Waals surface area contributed by atoms with Gasteiger partial charge in [-0.25, -0.2) is 14.8 Å². The average molecular weight is 372 g/mol. The lowest BCUT2D eigenvalue weighted by Gasteiger charge is -2.16. The van der Waals surface area contributed by atoms with Crippen LogP contribution in [0.3, 0.4) is 0 Å². The Hall–Kier alpha value is -2.66. The molecule has 0 radical (unpaired) electrons. The molecule has 1 aromatic carbocycles. The Labute approximate surface area is 159 Å². The summed E-state index contributed by atoms with van der Waals surface area (Å²) in [7, 11) is 0. The summed E-state index contributed by atoms with van der Waals surface area (Å²) in [5.74, 6) is -0.398. The van der Waals surface area contributed by atoms with Gasteiger partial charge in [-0.15, -0.1) is 12.4 Å². The van der Waals surface area contributed by atoms with Gasteiger partial charge in [0, 0.05) is 23.0 Å². The largest absolute Gasteiger partial charge is 0.462 e. The number of ether oxygens (including phenoxy) is 1. The zero-order valence-corrected chi connectivity index (χ0v) is 16.1. The second-order valence-corrected chi connectivity index (χ2v) is 6.03. The standard InChI is InChI=1S/C20H21N3O2.ClH/c1-5-25-20(24)16-11-21-19-15(9-8-14(4)22-19)18(16)23-17-10-12(2)6-7-13(17)3;/h6-11H,5H2,1-4H3,(H,21,22,23);1H. The Morgan fingerprint density at radius 1 is 1.15 bits per heavy atom. The summed E-state index contributed by atoms with van der Waals surface area (Å²) >= 11 is 0. The van der Waals surface area contributed by atoms with Crippen molar-refractivity contribution < 1.29 is 9.53 Å². The van der Waals surface area contributed by atoms with Gasteiger partial charge >= 0.3 is 5.97 Å². The first-order chi connectivity index (χ1) is 12.0. The number of carbonyl (C=O) groups is 1. The predicted octanol–water partition coefficient (Wildman–Crippen LogP) is 4.90. The maximum atomic E-state index is 12.4. The zero-order chi connectivity index (χ0) is 18.0. The Morgan fingerprint density at radius 3 is 2.65 bits per heavy atom. The van der Waals surface area contributed by atoms with E-state index in [1.54, 1.807) is 6.92 Å². The summed E-state index contributed by atoms with van der Waals surface area (Å²) in [5.41, 5.74) is 5.72. The molecule has 0 saturated carbocycles. The lowest BCUT2D eigenvalue weighted by molar-refractivity contribution is 0.0527. The molecule has 0 spiro atoms. The number of aromatic nitrogens is 2. The van der Waals surface area contributed by atoms with E-state index < -0.39 is 5.97 Å². The second kappa shape index (κ2) is 8.15. The van der Waals surface area contributed by atoms with Gasteiger partial charge in [0.2, 0.25) is 0 Å². The van der Waals surface area contributed by atoms with Crippen molar-refractivity contribution in [2.24, 2.45) is 0 Å². The lowest BCUT2D eigenvalue weighted by atomic mass is 10.1. The molecule has 0 aliphatic rings. The Kier molecular flexibility index (Phi) is 6.16. The highest BCUT2D eigenvalue weighted by Crippen LogP contribution is 2.30. The summed E-state index contributed by atoms with van der Waals surface area (Å²) in [4.78, 5) is 21.2. The maximum absolute atomic E-state index is 12.4. The number of esters is 1. The monoisotopic (exact) mass is 371 g/mol. The van der Waals surface area contributed by atoms with Crippen LogP contribution in [0.4, 0.5) is 11.4 Å². The fourth-order valence-corrected chi connectivity index (χ4v) is 2.68. The number of halogens is 1. The minimum Gasteiger partial charge on any atom is -0.462 e. The number of nitrogens with one attached hydrogen (secondary N) is 1. The van der Waals surface area contributed by atoms with E-state index in [9.17, 15) is 4.79 Å². The van der Waals surface area contributed by atoms with Crippen molar-refractivity contribution in [3.05, 3.63) is 58.9 Å². The summed E-state index contributed by atoms with van der Waals surface area (Å²) < 4.78 is 5.19. The lowest BCUT2D eigenvalue weighted by Crippen LogP contribution is -2.10. The fraction of sp³-hybridized carbons (Fsp3) is 0.250. The molecule has 0 aliphatic carbocycles. The Balaban J connectivity index is 0.00000243. The van der Waals surface area contributed by atoms with Gasteiger partial charge in [-0.2, -0.15) is 0 Å². The SMILES string of the molecule is CCOC(=O)c1cnc2nc(C)ccc2c1Nc1cc(C)ccc1C.Cl. The molecule has 0 fully saturated rings. The van der Waals surface area contributed by atoms with Gasteiger partial charge in [-0.05, 0) is 57.0 Å². The average Bonchev–Trinajstić information content (AvgIpc) is 2.58. The van der Waals surface area contributed by atoms with E-state index in [2.05, 4.69) is 27.4 Å². The molecule has 0 saturated heterocycles. The van der Waals surface area contributed by atoms with Crippen LogP contribution in [0.5, 0.6) is 0 Å². The third kappa shape index (κ3) is 3.94. The molecule has 6 heteroatoms. The predicted molar refractivity (Wildman–Crippen MR) is 107 cm³/mol. The number of aryl methyl sites for hydroxylation is 3. The third-order valence-corrected chi connectivity index (χ3v) is 4.02. The van der Waals surface area contributed by atoms with E-state index in [1.807, 2.05) is 39.0 Å². The van der Waals surface area contributed by atoms with Crippen LogP contribution < -0.4 is 5.32 Å². The van der Waals surface area contributed by atoms with Crippen molar-refractivity contribution >= 4 is 40.8 Å². The first-order valence-corrected chi connectivity index (χ1v) is 8.27. The van der Waals surface area contributed by atoms with Crippen LogP contribution in [0.25, 0.3) is 11.0 Å². The van der Waals surface area contributed by atoms with Gasteiger partial charge in [0.1, 0.15) is 5.56 Å². The van der Waals surface area contributed by atoms with Crippen LogP contribution in [0.15, 0.2) is 36.5 Å². The first-order valence-electron chi connectivity index (χ1n) is 8.27. The number of rotatable bonds is 4. The topological polar surface area (TPSA) is 64.1 Å². The van der Waals surface area contributed by atoms with Crippen LogP contribution in [0, 0.1) is 20.8 Å². The molecule has 0 aliphatic heterocycles. The quantitative estimate of drug-likeness (QED) is 0.661. The summed E-state index contributed by atoms with van der Waals surface area (Å²) in [6.07, 6.45) is 1.53. The first kappa shape index (κ1) is 19.7. The summed E-state index contributed by atoms with van der Waals surface area (Å²) in [6.45, 7) is 8.07. The van der Waals surface area contributed by atoms with E-state index >= 15 is 0 Å². The molecule has 1 N–H and O–H groups in total. The maximum Gasteiger partial charge on any atom is 0.341 e. The molecule has 0 amide bonds. The number of benzene rings is 1.